The van der Waals surface area contributed by atoms with Gasteiger partial charge < -0.3 is 10.6 Å². The molecule has 4 rings (SSSR count). The summed E-state index contributed by atoms with van der Waals surface area (Å²) >= 11 is 5.87. The normalized spacial score (nSPS) is 12.4. The second-order valence-corrected chi connectivity index (χ2v) is 7.32. The SMILES string of the molecule is Cc1cc(C(=O)Nc2ccc(Cl)cn2)c(NC(=O)c2cnccn2)cc1N1C=CC=CC=N1. The van der Waals surface area contributed by atoms with Crippen molar-refractivity contribution in [1.29, 1.82) is 0 Å². The zero-order valence-electron chi connectivity index (χ0n) is 17.4. The topological polar surface area (TPSA) is 112 Å². The summed E-state index contributed by atoms with van der Waals surface area (Å²) in [6, 6.07) is 6.56. The molecule has 0 spiro atoms. The number of carbonyl (C=O) groups is 2. The number of allylic oxidation sites excluding steroid dienone is 3. The van der Waals surface area contributed by atoms with Crippen LogP contribution in [-0.2, 0) is 0 Å². The van der Waals surface area contributed by atoms with Crippen LogP contribution in [0.15, 0.2) is 78.6 Å². The van der Waals surface area contributed by atoms with Gasteiger partial charge in [-0.1, -0.05) is 17.7 Å². The largest absolute Gasteiger partial charge is 0.320 e. The summed E-state index contributed by atoms with van der Waals surface area (Å²) in [6.45, 7) is 1.85. The fourth-order valence-corrected chi connectivity index (χ4v) is 3.12. The number of hydrogen-bond donors (Lipinski definition) is 2. The van der Waals surface area contributed by atoms with Gasteiger partial charge in [-0.15, -0.1) is 0 Å². The number of benzene rings is 1. The lowest BCUT2D eigenvalue weighted by Gasteiger charge is -2.20. The van der Waals surface area contributed by atoms with Gasteiger partial charge in [-0.05, 0) is 48.9 Å². The Morgan fingerprint density at radius 3 is 2.61 bits per heavy atom. The molecule has 10 heteroatoms. The number of aromatic nitrogens is 3. The minimum Gasteiger partial charge on any atom is -0.320 e. The Morgan fingerprint density at radius 2 is 1.85 bits per heavy atom. The third kappa shape index (κ3) is 5.28. The van der Waals surface area contributed by atoms with Crippen molar-refractivity contribution < 1.29 is 9.59 Å². The molecule has 2 aromatic heterocycles. The van der Waals surface area contributed by atoms with Crippen molar-refractivity contribution in [2.75, 3.05) is 15.6 Å². The molecule has 0 atom stereocenters. The molecule has 3 aromatic rings. The summed E-state index contributed by atoms with van der Waals surface area (Å²) in [5, 5.41) is 11.9. The van der Waals surface area contributed by atoms with E-state index >= 15 is 0 Å². The summed E-state index contributed by atoms with van der Waals surface area (Å²) in [5.41, 5.74) is 2.08. The van der Waals surface area contributed by atoms with Crippen LogP contribution in [0.4, 0.5) is 17.2 Å². The third-order valence-corrected chi connectivity index (χ3v) is 4.79. The van der Waals surface area contributed by atoms with E-state index in [4.69, 9.17) is 11.6 Å². The highest BCUT2D eigenvalue weighted by Gasteiger charge is 2.20. The van der Waals surface area contributed by atoms with Gasteiger partial charge in [0.25, 0.3) is 11.8 Å². The van der Waals surface area contributed by atoms with Crippen LogP contribution in [0, 0.1) is 6.92 Å². The summed E-state index contributed by atoms with van der Waals surface area (Å²) in [4.78, 5) is 37.9. The zero-order valence-corrected chi connectivity index (χ0v) is 18.2. The van der Waals surface area contributed by atoms with Crippen LogP contribution in [0.25, 0.3) is 0 Å². The van der Waals surface area contributed by atoms with Gasteiger partial charge in [0.15, 0.2) is 0 Å². The first kappa shape index (κ1) is 21.8. The van der Waals surface area contributed by atoms with E-state index in [1.807, 2.05) is 19.1 Å². The van der Waals surface area contributed by atoms with Crippen molar-refractivity contribution >= 4 is 46.8 Å². The number of hydrogen-bond acceptors (Lipinski definition) is 7. The number of halogens is 1. The Morgan fingerprint density at radius 1 is 0.970 bits per heavy atom. The molecule has 1 aromatic carbocycles. The van der Waals surface area contributed by atoms with E-state index in [0.717, 1.165) is 5.56 Å². The standard InChI is InChI=1S/C23H18ClN7O2/c1-15-11-17(22(32)30-21-6-5-16(24)13-27-21)18(29-23(33)19-14-25-8-9-26-19)12-20(15)31-10-4-2-3-7-28-31/h2-14H,1H3,(H,29,33)(H,27,30,32). The molecule has 0 unspecified atom stereocenters. The van der Waals surface area contributed by atoms with Crippen molar-refractivity contribution in [2.24, 2.45) is 5.10 Å². The van der Waals surface area contributed by atoms with Gasteiger partial charge in [-0.3, -0.25) is 14.6 Å². The average molecular weight is 460 g/mol. The molecule has 3 heterocycles. The van der Waals surface area contributed by atoms with E-state index in [2.05, 4.69) is 30.7 Å². The highest BCUT2D eigenvalue weighted by Crippen LogP contribution is 2.30. The van der Waals surface area contributed by atoms with Crippen LogP contribution >= 0.6 is 11.6 Å². The van der Waals surface area contributed by atoms with Gasteiger partial charge in [0.05, 0.1) is 28.2 Å². The van der Waals surface area contributed by atoms with E-state index in [9.17, 15) is 9.59 Å². The van der Waals surface area contributed by atoms with Gasteiger partial charge in [0, 0.05) is 31.0 Å². The molecule has 2 amide bonds. The Balaban J connectivity index is 1.72. The smallest absolute Gasteiger partial charge is 0.275 e. The van der Waals surface area contributed by atoms with E-state index in [-0.39, 0.29) is 16.9 Å². The molecular weight excluding hydrogens is 442 g/mol. The lowest BCUT2D eigenvalue weighted by atomic mass is 10.1. The molecule has 1 aliphatic heterocycles. The quantitative estimate of drug-likeness (QED) is 0.590. The second-order valence-electron chi connectivity index (χ2n) is 6.88. The number of amides is 2. The van der Waals surface area contributed by atoms with Crippen LogP contribution in [0.5, 0.6) is 0 Å². The van der Waals surface area contributed by atoms with Crippen LogP contribution in [-0.4, -0.2) is 33.0 Å². The minimum absolute atomic E-state index is 0.113. The molecule has 164 valence electrons. The number of nitrogens with one attached hydrogen (secondary N) is 2. The maximum atomic E-state index is 13.1. The fourth-order valence-electron chi connectivity index (χ4n) is 3.01. The van der Waals surface area contributed by atoms with Gasteiger partial charge in [-0.2, -0.15) is 5.10 Å². The number of carbonyl (C=O) groups excluding carboxylic acids is 2. The van der Waals surface area contributed by atoms with E-state index in [1.54, 1.807) is 47.8 Å². The predicted octanol–water partition coefficient (Wildman–Crippen LogP) is 4.21. The Labute approximate surface area is 194 Å². The van der Waals surface area contributed by atoms with Crippen molar-refractivity contribution in [1.82, 2.24) is 15.0 Å². The Kier molecular flexibility index (Phi) is 6.51. The first-order valence-electron chi connectivity index (χ1n) is 9.83. The first-order chi connectivity index (χ1) is 16.0. The maximum absolute atomic E-state index is 13.1. The molecular formula is C23H18ClN7O2. The zero-order chi connectivity index (χ0) is 23.2. The molecule has 0 fully saturated rings. The number of aryl methyl sites for hydroxylation is 1. The highest BCUT2D eigenvalue weighted by atomic mass is 35.5. The monoisotopic (exact) mass is 459 g/mol. The fraction of sp³-hybridized carbons (Fsp3) is 0.0435. The average Bonchev–Trinajstić information content (AvgIpc) is 3.11. The maximum Gasteiger partial charge on any atom is 0.275 e. The third-order valence-electron chi connectivity index (χ3n) is 4.57. The van der Waals surface area contributed by atoms with Crippen LogP contribution < -0.4 is 15.6 Å². The molecule has 0 saturated carbocycles. The van der Waals surface area contributed by atoms with Crippen molar-refractivity contribution in [3.8, 4) is 0 Å². The molecule has 1 aliphatic rings. The molecule has 2 N–H and O–H groups in total. The lowest BCUT2D eigenvalue weighted by Crippen LogP contribution is -2.21. The van der Waals surface area contributed by atoms with Crippen LogP contribution in [0.2, 0.25) is 5.02 Å². The number of nitrogens with zero attached hydrogens (tertiary/aromatic N) is 5. The first-order valence-corrected chi connectivity index (χ1v) is 10.2. The molecule has 0 saturated heterocycles. The van der Waals surface area contributed by atoms with Crippen molar-refractivity contribution in [2.45, 2.75) is 6.92 Å². The summed E-state index contributed by atoms with van der Waals surface area (Å²) < 4.78 is 0. The van der Waals surface area contributed by atoms with Crippen LogP contribution in [0.3, 0.4) is 0 Å². The summed E-state index contributed by atoms with van der Waals surface area (Å²) in [7, 11) is 0. The number of rotatable bonds is 5. The number of hydrazone groups is 1. The predicted molar refractivity (Wildman–Crippen MR) is 128 cm³/mol. The van der Waals surface area contributed by atoms with E-state index in [0.29, 0.717) is 16.5 Å². The summed E-state index contributed by atoms with van der Waals surface area (Å²) in [6.07, 6.45) is 14.5. The number of pyridine rings is 1. The highest BCUT2D eigenvalue weighted by molar-refractivity contribution is 6.30. The van der Waals surface area contributed by atoms with Crippen LogP contribution in [0.1, 0.15) is 26.4 Å². The van der Waals surface area contributed by atoms with E-state index in [1.165, 1.54) is 24.8 Å². The second kappa shape index (κ2) is 9.84. The lowest BCUT2D eigenvalue weighted by molar-refractivity contribution is 0.102. The van der Waals surface area contributed by atoms with E-state index < -0.39 is 11.8 Å². The molecule has 0 aliphatic carbocycles. The van der Waals surface area contributed by atoms with Crippen molar-refractivity contribution in [3.05, 3.63) is 95.3 Å². The van der Waals surface area contributed by atoms with Crippen molar-refractivity contribution in [3.63, 3.8) is 0 Å². The molecule has 0 radical (unpaired) electrons. The van der Waals surface area contributed by atoms with Gasteiger partial charge in [0.1, 0.15) is 11.5 Å². The van der Waals surface area contributed by atoms with Gasteiger partial charge in [0.2, 0.25) is 0 Å². The van der Waals surface area contributed by atoms with Gasteiger partial charge in [-0.25, -0.2) is 15.0 Å². The molecule has 33 heavy (non-hydrogen) atoms. The minimum atomic E-state index is -0.506. The Bertz CT molecular complexity index is 1260. The molecule has 9 nitrogen and oxygen atoms in total. The van der Waals surface area contributed by atoms with Gasteiger partial charge >= 0.3 is 0 Å². The summed E-state index contributed by atoms with van der Waals surface area (Å²) in [5.74, 6) is -0.637. The molecule has 0 bridgehead atoms. The number of anilines is 3. The Hall–Kier alpha value is -4.37.